The van der Waals surface area contributed by atoms with Gasteiger partial charge in [0.15, 0.2) is 0 Å². The van der Waals surface area contributed by atoms with Gasteiger partial charge in [-0.2, -0.15) is 0 Å². The Bertz CT molecular complexity index is 1040. The number of hydrogen-bond donors (Lipinski definition) is 3. The molecule has 2 aromatic rings. The fourth-order valence-corrected chi connectivity index (χ4v) is 2.54. The minimum atomic E-state index is -0.801. The van der Waals surface area contributed by atoms with Gasteiger partial charge in [0.1, 0.15) is 5.75 Å². The number of carbonyl (C=O) groups is 2. The summed E-state index contributed by atoms with van der Waals surface area (Å²) in [7, 11) is 1.47. The quantitative estimate of drug-likeness (QED) is 0.382. The molecule has 3 N–H and O–H groups in total. The van der Waals surface area contributed by atoms with E-state index in [1.807, 2.05) is 0 Å². The zero-order valence-electron chi connectivity index (χ0n) is 16.4. The van der Waals surface area contributed by atoms with Crippen LogP contribution in [-0.4, -0.2) is 28.8 Å². The number of hydrogen-bond acceptors (Lipinski definition) is 8. The summed E-state index contributed by atoms with van der Waals surface area (Å²) >= 11 is 0. The maximum absolute atomic E-state index is 12.1. The second kappa shape index (κ2) is 10.3. The predicted molar refractivity (Wildman–Crippen MR) is 110 cm³/mol. The van der Waals surface area contributed by atoms with Crippen LogP contribution >= 0.6 is 0 Å². The Morgan fingerprint density at radius 1 is 1.03 bits per heavy atom. The van der Waals surface area contributed by atoms with E-state index in [1.165, 1.54) is 7.11 Å². The molecule has 0 saturated carbocycles. The number of para-hydroxylation sites is 2. The first-order chi connectivity index (χ1) is 14.7. The summed E-state index contributed by atoms with van der Waals surface area (Å²) in [6, 6.07) is 9.82. The topological polar surface area (TPSA) is 166 Å². The van der Waals surface area contributed by atoms with Gasteiger partial charge in [-0.3, -0.25) is 35.2 Å². The number of nitrogens with zero attached hydrogens (tertiary/aromatic N) is 2. The van der Waals surface area contributed by atoms with Crippen molar-refractivity contribution in [1.82, 2.24) is 10.9 Å². The van der Waals surface area contributed by atoms with Crippen LogP contribution in [0.2, 0.25) is 0 Å². The Kier molecular flexibility index (Phi) is 7.61. The third-order valence-electron chi connectivity index (χ3n) is 3.96. The first kappa shape index (κ1) is 22.8. The largest absolute Gasteiger partial charge is 0.495 e. The van der Waals surface area contributed by atoms with E-state index < -0.39 is 39.5 Å². The van der Waals surface area contributed by atoms with Gasteiger partial charge in [0, 0.05) is 17.3 Å². The molecular formula is C19H19N5O7. The van der Waals surface area contributed by atoms with Crippen LogP contribution in [0.25, 0.3) is 0 Å². The number of non-ortho nitro benzene ring substituents is 1. The number of nitro groups is 2. The van der Waals surface area contributed by atoms with Crippen molar-refractivity contribution in [2.24, 2.45) is 0 Å². The Morgan fingerprint density at radius 3 is 2.39 bits per heavy atom. The van der Waals surface area contributed by atoms with E-state index in [9.17, 15) is 29.8 Å². The Labute approximate surface area is 176 Å². The summed E-state index contributed by atoms with van der Waals surface area (Å²) < 4.78 is 5.14. The first-order valence-corrected chi connectivity index (χ1v) is 8.78. The van der Waals surface area contributed by atoms with Crippen LogP contribution in [0.15, 0.2) is 54.7 Å². The van der Waals surface area contributed by atoms with E-state index >= 15 is 0 Å². The molecule has 2 aromatic carbocycles. The zero-order chi connectivity index (χ0) is 23.0. The standard InChI is InChI=1S/C19H19N5O7/c1-12(9-18(25)20-15-5-3-4-6-17(15)31-2)21-22-19(26)10-13-7-8-14(23(27)28)11-16(13)24(29)30/h3-8,11,21H,1,9-10H2,2H3,(H,20,25)(H,22,26). The van der Waals surface area contributed by atoms with Crippen molar-refractivity contribution in [2.45, 2.75) is 12.8 Å². The van der Waals surface area contributed by atoms with Gasteiger partial charge in [0.2, 0.25) is 11.8 Å². The highest BCUT2D eigenvalue weighted by Crippen LogP contribution is 2.25. The van der Waals surface area contributed by atoms with E-state index in [2.05, 4.69) is 22.7 Å². The van der Waals surface area contributed by atoms with Crippen molar-refractivity contribution in [3.63, 3.8) is 0 Å². The van der Waals surface area contributed by atoms with E-state index in [1.54, 1.807) is 24.3 Å². The second-order valence-corrected chi connectivity index (χ2v) is 6.21. The minimum Gasteiger partial charge on any atom is -0.495 e. The summed E-state index contributed by atoms with van der Waals surface area (Å²) in [4.78, 5) is 44.5. The van der Waals surface area contributed by atoms with E-state index in [0.717, 1.165) is 18.2 Å². The van der Waals surface area contributed by atoms with Crippen molar-refractivity contribution in [2.75, 3.05) is 12.4 Å². The molecule has 2 rings (SSSR count). The van der Waals surface area contributed by atoms with E-state index in [4.69, 9.17) is 4.74 Å². The van der Waals surface area contributed by atoms with Crippen LogP contribution in [0.1, 0.15) is 12.0 Å². The zero-order valence-corrected chi connectivity index (χ0v) is 16.4. The molecule has 0 saturated heterocycles. The highest BCUT2D eigenvalue weighted by atomic mass is 16.6. The smallest absolute Gasteiger partial charge is 0.279 e. The molecule has 0 spiro atoms. The Hall–Kier alpha value is -4.48. The van der Waals surface area contributed by atoms with Crippen LogP contribution in [-0.2, 0) is 16.0 Å². The number of carbonyl (C=O) groups excluding carboxylic acids is 2. The maximum atomic E-state index is 12.1. The van der Waals surface area contributed by atoms with Gasteiger partial charge in [0.25, 0.3) is 11.4 Å². The van der Waals surface area contributed by atoms with Crippen molar-refractivity contribution in [3.8, 4) is 5.75 Å². The molecule has 0 radical (unpaired) electrons. The molecule has 31 heavy (non-hydrogen) atoms. The van der Waals surface area contributed by atoms with Crippen molar-refractivity contribution in [3.05, 3.63) is 80.5 Å². The van der Waals surface area contributed by atoms with E-state index in [0.29, 0.717) is 11.4 Å². The van der Waals surface area contributed by atoms with Gasteiger partial charge in [0.05, 0.1) is 41.6 Å². The second-order valence-electron chi connectivity index (χ2n) is 6.21. The summed E-state index contributed by atoms with van der Waals surface area (Å²) in [5.41, 5.74) is 4.37. The third-order valence-corrected chi connectivity index (χ3v) is 3.96. The normalized spacial score (nSPS) is 9.97. The SMILES string of the molecule is C=C(CC(=O)Nc1ccccc1OC)NNC(=O)Cc1ccc([N+](=O)[O-])cc1[N+](=O)[O-]. The molecular weight excluding hydrogens is 410 g/mol. The van der Waals surface area contributed by atoms with Crippen molar-refractivity contribution >= 4 is 28.9 Å². The number of methoxy groups -OCH3 is 1. The summed E-state index contributed by atoms with van der Waals surface area (Å²) in [6.45, 7) is 3.63. The molecule has 0 unspecified atom stereocenters. The van der Waals surface area contributed by atoms with Crippen molar-refractivity contribution in [1.29, 1.82) is 0 Å². The molecule has 162 valence electrons. The summed E-state index contributed by atoms with van der Waals surface area (Å²) in [6.07, 6.45) is -0.585. The van der Waals surface area contributed by atoms with Crippen LogP contribution in [0, 0.1) is 20.2 Å². The Balaban J connectivity index is 1.89. The average Bonchev–Trinajstić information content (AvgIpc) is 2.72. The monoisotopic (exact) mass is 429 g/mol. The highest BCUT2D eigenvalue weighted by Gasteiger charge is 2.21. The van der Waals surface area contributed by atoms with Crippen molar-refractivity contribution < 1.29 is 24.2 Å². The van der Waals surface area contributed by atoms with Gasteiger partial charge in [-0.05, 0) is 18.2 Å². The molecule has 0 heterocycles. The first-order valence-electron chi connectivity index (χ1n) is 8.78. The lowest BCUT2D eigenvalue weighted by Gasteiger charge is -2.13. The molecule has 12 heteroatoms. The number of rotatable bonds is 10. The lowest BCUT2D eigenvalue weighted by atomic mass is 10.1. The van der Waals surface area contributed by atoms with Crippen LogP contribution in [0.4, 0.5) is 17.1 Å². The third kappa shape index (κ3) is 6.52. The molecule has 0 atom stereocenters. The number of nitro benzene ring substituents is 2. The molecule has 12 nitrogen and oxygen atoms in total. The number of anilines is 1. The van der Waals surface area contributed by atoms with Gasteiger partial charge >= 0.3 is 0 Å². The van der Waals surface area contributed by atoms with Crippen LogP contribution < -0.4 is 20.9 Å². The average molecular weight is 429 g/mol. The lowest BCUT2D eigenvalue weighted by molar-refractivity contribution is -0.394. The molecule has 0 aliphatic heterocycles. The molecule has 0 aromatic heterocycles. The summed E-state index contributed by atoms with van der Waals surface area (Å²) in [5.74, 6) is -0.599. The van der Waals surface area contributed by atoms with Gasteiger partial charge in [-0.15, -0.1) is 0 Å². The summed E-state index contributed by atoms with van der Waals surface area (Å²) in [5, 5.41) is 24.5. The predicted octanol–water partition coefficient (Wildman–Crippen LogP) is 2.22. The fourth-order valence-electron chi connectivity index (χ4n) is 2.54. The number of hydrazine groups is 1. The van der Waals surface area contributed by atoms with Crippen LogP contribution in [0.3, 0.4) is 0 Å². The minimum absolute atomic E-state index is 0.00516. The van der Waals surface area contributed by atoms with Gasteiger partial charge < -0.3 is 15.5 Å². The number of nitrogens with one attached hydrogen (secondary N) is 3. The molecule has 0 bridgehead atoms. The molecule has 0 aliphatic rings. The number of benzene rings is 2. The Morgan fingerprint density at radius 2 is 1.74 bits per heavy atom. The van der Waals surface area contributed by atoms with E-state index in [-0.39, 0.29) is 17.7 Å². The van der Waals surface area contributed by atoms with Crippen LogP contribution in [0.5, 0.6) is 5.75 Å². The van der Waals surface area contributed by atoms with Gasteiger partial charge in [-0.1, -0.05) is 18.7 Å². The van der Waals surface area contributed by atoms with Gasteiger partial charge in [-0.25, -0.2) is 0 Å². The molecule has 0 fully saturated rings. The molecule has 0 aliphatic carbocycles. The molecule has 2 amide bonds. The fraction of sp³-hybridized carbons (Fsp3) is 0.158. The highest BCUT2D eigenvalue weighted by molar-refractivity contribution is 5.93. The maximum Gasteiger partial charge on any atom is 0.279 e. The number of ether oxygens (including phenoxy) is 1. The lowest BCUT2D eigenvalue weighted by Crippen LogP contribution is -2.38. The number of amides is 2.